The van der Waals surface area contributed by atoms with Gasteiger partial charge in [-0.2, -0.15) is 0 Å². The van der Waals surface area contributed by atoms with Crippen LogP contribution in [-0.2, 0) is 66.7 Å². The van der Waals surface area contributed by atoms with E-state index in [1.54, 1.807) is 0 Å². The van der Waals surface area contributed by atoms with Crippen molar-refractivity contribution in [1.82, 2.24) is 0 Å². The summed E-state index contributed by atoms with van der Waals surface area (Å²) in [5.74, 6) is -1.23. The molecule has 0 rings (SSSR count). The molecule has 119 heavy (non-hydrogen) atoms. The Labute approximate surface area is 731 Å². The highest BCUT2D eigenvalue weighted by Crippen LogP contribution is 2.17. The molecule has 0 heterocycles. The molecule has 0 amide bonds. The van der Waals surface area contributed by atoms with E-state index in [-0.39, 0.29) is 88.0 Å². The Hall–Kier alpha value is -3.99. The molecule has 0 aromatic carbocycles. The van der Waals surface area contributed by atoms with Crippen molar-refractivity contribution in [3.8, 4) is 0 Å². The van der Waals surface area contributed by atoms with E-state index in [1.165, 1.54) is 225 Å². The number of carbonyl (C=O) groups is 7. The summed E-state index contributed by atoms with van der Waals surface area (Å²) >= 11 is 0. The number of hydrogen-bond donors (Lipinski definition) is 7. The molecule has 714 valence electrons. The van der Waals surface area contributed by atoms with Crippen LogP contribution in [0.5, 0.6) is 0 Å². The van der Waals surface area contributed by atoms with E-state index in [4.69, 9.17) is 38.3 Å². The maximum Gasteiger partial charge on any atom is 0.305 e. The van der Waals surface area contributed by atoms with Crippen molar-refractivity contribution in [1.29, 1.82) is 0 Å². The van der Waals surface area contributed by atoms with Crippen molar-refractivity contribution in [2.24, 2.45) is 0 Å². The first-order chi connectivity index (χ1) is 57.4. The van der Waals surface area contributed by atoms with Gasteiger partial charge in [0.1, 0.15) is 46.2 Å². The quantitative estimate of drug-likeness (QED) is 0.0169. The van der Waals surface area contributed by atoms with E-state index in [0.717, 1.165) is 89.9 Å². The summed E-state index contributed by atoms with van der Waals surface area (Å²) in [6.45, 7) is 29.5. The third kappa shape index (κ3) is 123. The molecule has 7 atom stereocenters. The average molecular weight is 1710 g/mol. The van der Waals surface area contributed by atoms with Crippen molar-refractivity contribution in [2.45, 2.75) is 544 Å². The molecule has 0 saturated heterocycles. The monoisotopic (exact) mass is 1710 g/mol. The lowest BCUT2D eigenvalue weighted by Gasteiger charge is -2.08. The highest BCUT2D eigenvalue weighted by molar-refractivity contribution is 5.71. The molecule has 0 fully saturated rings. The van der Waals surface area contributed by atoms with Gasteiger partial charge in [-0.05, 0) is 89.9 Å². The van der Waals surface area contributed by atoms with Gasteiger partial charge in [0, 0.05) is 44.9 Å². The van der Waals surface area contributed by atoms with Crippen molar-refractivity contribution in [3.05, 3.63) is 0 Å². The minimum Gasteiger partial charge on any atom is -0.463 e. The number of ether oxygens (including phenoxy) is 7. The summed E-state index contributed by atoms with van der Waals surface area (Å²) in [4.78, 5) is 78.7. The van der Waals surface area contributed by atoms with Gasteiger partial charge in [-0.3, -0.25) is 33.6 Å². The molecule has 7 unspecified atom stereocenters. The average Bonchev–Trinajstić information content (AvgIpc) is 1.06. The van der Waals surface area contributed by atoms with Crippen LogP contribution in [-0.4, -0.2) is 167 Å². The lowest BCUT2D eigenvalue weighted by molar-refractivity contribution is -0.147. The van der Waals surface area contributed by atoms with Gasteiger partial charge in [-0.15, -0.1) is 0 Å². The number of carbonyl (C=O) groups excluding carboxylic acids is 7. The molecular formula is C98H196O21. The van der Waals surface area contributed by atoms with E-state index in [2.05, 4.69) is 48.5 Å². The van der Waals surface area contributed by atoms with Gasteiger partial charge >= 0.3 is 41.8 Å². The predicted molar refractivity (Wildman–Crippen MR) is 489 cm³/mol. The molecule has 0 aliphatic heterocycles. The van der Waals surface area contributed by atoms with Crippen LogP contribution < -0.4 is 0 Å². The second-order valence-corrected chi connectivity index (χ2v) is 32.3. The largest absolute Gasteiger partial charge is 0.463 e. The lowest BCUT2D eigenvalue weighted by Crippen LogP contribution is -2.17. The van der Waals surface area contributed by atoms with Crippen LogP contribution in [0.3, 0.4) is 0 Å². The van der Waals surface area contributed by atoms with Crippen molar-refractivity contribution >= 4 is 41.8 Å². The SMILES string of the molecule is CCCCCCC(=O)OCC(O)CC.CCCCCCCC(=O)OCC(O)CC.CCCCCCCCC(=O)OCC(O)CC.CCCCCCCCCC(=O)OCC(O)CC.CCCCCCCCCCC(=O)OCC(O)CC.CCCCCCCCCCCC(=O)OCC(O)CC.CCCCCCCCCCCCC(=O)OCC(O)CC. The van der Waals surface area contributed by atoms with Gasteiger partial charge in [0.05, 0.1) is 42.7 Å². The topological polar surface area (TPSA) is 326 Å². The van der Waals surface area contributed by atoms with Gasteiger partial charge in [0.2, 0.25) is 0 Å². The molecule has 0 aliphatic carbocycles. The van der Waals surface area contributed by atoms with Crippen LogP contribution in [0, 0.1) is 0 Å². The molecule has 0 radical (unpaired) electrons. The van der Waals surface area contributed by atoms with Crippen LogP contribution in [0.1, 0.15) is 501 Å². The summed E-state index contributed by atoms with van der Waals surface area (Å²) in [6.07, 6.45) is 63.4. The zero-order chi connectivity index (χ0) is 90.5. The van der Waals surface area contributed by atoms with Crippen molar-refractivity contribution in [2.75, 3.05) is 46.2 Å². The van der Waals surface area contributed by atoms with Crippen LogP contribution in [0.25, 0.3) is 0 Å². The third-order valence-corrected chi connectivity index (χ3v) is 20.2. The Morgan fingerprint density at radius 3 is 0.328 bits per heavy atom. The predicted octanol–water partition coefficient (Wildman–Crippen LogP) is 24.1. The highest BCUT2D eigenvalue weighted by Gasteiger charge is 2.14. The van der Waals surface area contributed by atoms with E-state index in [1.807, 2.05) is 48.5 Å². The molecule has 21 heteroatoms. The maximum atomic E-state index is 11.4. The molecule has 0 aromatic rings. The number of rotatable bonds is 77. The first-order valence-electron chi connectivity index (χ1n) is 49.3. The molecule has 0 spiro atoms. The molecule has 0 aliphatic rings. The van der Waals surface area contributed by atoms with Crippen molar-refractivity contribution < 1.29 is 102 Å². The molecule has 7 N–H and O–H groups in total. The van der Waals surface area contributed by atoms with E-state index in [0.29, 0.717) is 89.9 Å². The first kappa shape index (κ1) is 128. The zero-order valence-electron chi connectivity index (χ0n) is 79.9. The van der Waals surface area contributed by atoms with E-state index < -0.39 is 42.7 Å². The minimum absolute atomic E-state index is 0.142. The van der Waals surface area contributed by atoms with E-state index in [9.17, 15) is 64.2 Å². The second kappa shape index (κ2) is 110. The van der Waals surface area contributed by atoms with Crippen LogP contribution in [0.15, 0.2) is 0 Å². The smallest absolute Gasteiger partial charge is 0.305 e. The number of aliphatic hydroxyl groups is 7. The Morgan fingerprint density at radius 1 is 0.151 bits per heavy atom. The number of aliphatic hydroxyl groups excluding tert-OH is 7. The molecule has 0 saturated carbocycles. The Kier molecular flexibility index (Phi) is 119. The first-order valence-corrected chi connectivity index (χ1v) is 49.3. The maximum absolute atomic E-state index is 11.4. The Morgan fingerprint density at radius 2 is 0.235 bits per heavy atom. The Balaban J connectivity index is -0.000000247. The van der Waals surface area contributed by atoms with Crippen LogP contribution in [0.2, 0.25) is 0 Å². The van der Waals surface area contributed by atoms with Gasteiger partial charge < -0.3 is 68.9 Å². The zero-order valence-corrected chi connectivity index (χ0v) is 79.9. The lowest BCUT2D eigenvalue weighted by atomic mass is 10.1. The number of esters is 7. The molecular weight excluding hydrogens is 1510 g/mol. The number of unbranched alkanes of at least 4 members (excludes halogenated alkanes) is 42. The summed E-state index contributed by atoms with van der Waals surface area (Å²) in [5.41, 5.74) is 0. The van der Waals surface area contributed by atoms with Gasteiger partial charge in [0.15, 0.2) is 0 Å². The van der Waals surface area contributed by atoms with Crippen molar-refractivity contribution in [3.63, 3.8) is 0 Å². The molecule has 0 aromatic heterocycles. The summed E-state index contributed by atoms with van der Waals surface area (Å²) in [5, 5.41) is 64.5. The minimum atomic E-state index is -0.508. The van der Waals surface area contributed by atoms with Gasteiger partial charge in [-0.25, -0.2) is 0 Å². The third-order valence-electron chi connectivity index (χ3n) is 20.2. The summed E-state index contributed by atoms with van der Waals surface area (Å²) in [6, 6.07) is 0. The molecule has 0 bridgehead atoms. The van der Waals surface area contributed by atoms with E-state index >= 15 is 0 Å². The second-order valence-electron chi connectivity index (χ2n) is 32.3. The van der Waals surface area contributed by atoms with Crippen LogP contribution >= 0.6 is 0 Å². The molecule has 21 nitrogen and oxygen atoms in total. The standard InChI is InChI=1S/C17H34O3.C16H32O3.C15H30O3.C14H28O3.C13H26O3.C12H24O3.C11H22O3/c1-3-5-6-7-8-9-10-11-12-13-14-17(19)20-15-16(18)4-2;1-3-5-6-7-8-9-10-11-12-13-16(18)19-14-15(17)4-2;1-3-5-6-7-8-9-10-11-12-15(17)18-13-14(16)4-2;1-3-5-6-7-8-9-10-11-14(16)17-12-13(15)4-2;1-3-5-6-7-8-9-10-13(15)16-11-12(14)4-2;1-3-5-6-7-8-9-12(14)15-10-11(13)4-2;1-3-5-6-7-8-11(13)14-9-10(12)4-2/h16,18H,3-15H2,1-2H3;15,17H,3-14H2,1-2H3;14,16H,3-13H2,1-2H3;13,15H,3-12H2,1-2H3;12,14H,3-11H2,1-2H3;11,13H,3-10H2,1-2H3;10,12H,3-9H2,1-2H3. The van der Waals surface area contributed by atoms with Crippen LogP contribution in [0.4, 0.5) is 0 Å². The fourth-order valence-corrected chi connectivity index (χ4v) is 11.2. The fourth-order valence-electron chi connectivity index (χ4n) is 11.2. The normalized spacial score (nSPS) is 12.4. The summed E-state index contributed by atoms with van der Waals surface area (Å²) in [7, 11) is 0. The number of hydrogen-bond acceptors (Lipinski definition) is 21. The summed E-state index contributed by atoms with van der Waals surface area (Å²) < 4.78 is 34.6. The fraction of sp³-hybridized carbons (Fsp3) is 0.929. The van der Waals surface area contributed by atoms with Gasteiger partial charge in [-0.1, -0.05) is 367 Å². The highest BCUT2D eigenvalue weighted by atomic mass is 16.6. The van der Waals surface area contributed by atoms with Gasteiger partial charge in [0.25, 0.3) is 0 Å². The Bertz CT molecular complexity index is 2050.